The maximum atomic E-state index is 12.1. The third kappa shape index (κ3) is 8.33. The fourth-order valence-corrected chi connectivity index (χ4v) is 9.52. The van der Waals surface area contributed by atoms with Gasteiger partial charge in [-0.2, -0.15) is 0 Å². The standard InChI is InChI=1S/C40H62O7/c1-25(2)26(3)9-10-27(4)34-13-14-35-33-12-11-31-19-32(15-17-39(31,7)36(33)16-18-40(34,35)8)45-22-30(23-46-37(43)28(5)20-41)24-47-38(44)29(6)21-42/h9-11,25-27,30,32-36,41-42H,5-6,12-24H2,1-4,7-8H3/b10-9+/t26-,27+,32-,33-,34?,35-,36-,39-,40+/m0/s1. The van der Waals surface area contributed by atoms with E-state index in [2.05, 4.69) is 72.9 Å². The number of allylic oxidation sites excluding steroid dienone is 3. The highest BCUT2D eigenvalue weighted by molar-refractivity contribution is 5.88. The smallest absolute Gasteiger partial charge is 0.335 e. The summed E-state index contributed by atoms with van der Waals surface area (Å²) in [4.78, 5) is 24.2. The van der Waals surface area contributed by atoms with Crippen LogP contribution in [0.2, 0.25) is 0 Å². The van der Waals surface area contributed by atoms with E-state index in [0.29, 0.717) is 23.2 Å². The van der Waals surface area contributed by atoms with Gasteiger partial charge in [-0.25, -0.2) is 9.59 Å². The zero-order chi connectivity index (χ0) is 34.5. The summed E-state index contributed by atoms with van der Waals surface area (Å²) in [5.74, 6) is 3.17. The highest BCUT2D eigenvalue weighted by Gasteiger charge is 2.59. The molecule has 2 N–H and O–H groups in total. The molecule has 264 valence electrons. The van der Waals surface area contributed by atoms with E-state index in [0.717, 1.165) is 42.9 Å². The molecule has 4 aliphatic rings. The zero-order valence-electron chi connectivity index (χ0n) is 30.0. The van der Waals surface area contributed by atoms with Gasteiger partial charge in [0.25, 0.3) is 0 Å². The van der Waals surface area contributed by atoms with Gasteiger partial charge in [-0.1, -0.05) is 78.5 Å². The molecule has 4 rings (SSSR count). The number of ether oxygens (including phenoxy) is 3. The molecule has 0 aromatic rings. The van der Waals surface area contributed by atoms with E-state index in [1.54, 1.807) is 5.57 Å². The summed E-state index contributed by atoms with van der Waals surface area (Å²) >= 11 is 0. The number of esters is 2. The lowest BCUT2D eigenvalue weighted by molar-refractivity contribution is -0.147. The Morgan fingerprint density at radius 3 is 2.13 bits per heavy atom. The van der Waals surface area contributed by atoms with E-state index in [-0.39, 0.29) is 42.5 Å². The van der Waals surface area contributed by atoms with E-state index < -0.39 is 31.1 Å². The number of carbonyl (C=O) groups excluding carboxylic acids is 2. The van der Waals surface area contributed by atoms with Crippen LogP contribution in [0.5, 0.6) is 0 Å². The second kappa shape index (κ2) is 16.0. The van der Waals surface area contributed by atoms with E-state index in [4.69, 9.17) is 14.2 Å². The quantitative estimate of drug-likeness (QED) is 0.109. The van der Waals surface area contributed by atoms with Crippen molar-refractivity contribution >= 4 is 11.9 Å². The van der Waals surface area contributed by atoms with Crippen molar-refractivity contribution in [1.29, 1.82) is 0 Å². The van der Waals surface area contributed by atoms with Crippen molar-refractivity contribution in [1.82, 2.24) is 0 Å². The fraction of sp³-hybridized carbons (Fsp3) is 0.750. The van der Waals surface area contributed by atoms with Crippen molar-refractivity contribution in [2.24, 2.45) is 58.2 Å². The van der Waals surface area contributed by atoms with Crippen molar-refractivity contribution in [3.05, 3.63) is 48.1 Å². The predicted octanol–water partition coefficient (Wildman–Crippen LogP) is 7.23. The Bertz CT molecular complexity index is 1170. The molecule has 0 saturated heterocycles. The van der Waals surface area contributed by atoms with Gasteiger partial charge in [-0.05, 0) is 104 Å². The molecule has 4 aliphatic carbocycles. The van der Waals surface area contributed by atoms with Crippen LogP contribution in [0.25, 0.3) is 0 Å². The molecule has 0 aromatic carbocycles. The topological polar surface area (TPSA) is 102 Å². The number of rotatable bonds is 15. The average Bonchev–Trinajstić information content (AvgIpc) is 3.42. The molecule has 0 aliphatic heterocycles. The van der Waals surface area contributed by atoms with Crippen molar-refractivity contribution in [3.63, 3.8) is 0 Å². The summed E-state index contributed by atoms with van der Waals surface area (Å²) in [6, 6.07) is 0. The Balaban J connectivity index is 1.38. The lowest BCUT2D eigenvalue weighted by Gasteiger charge is -2.58. The molecule has 9 atom stereocenters. The minimum absolute atomic E-state index is 0.0387. The van der Waals surface area contributed by atoms with Gasteiger partial charge in [-0.3, -0.25) is 0 Å². The maximum absolute atomic E-state index is 12.1. The lowest BCUT2D eigenvalue weighted by atomic mass is 9.47. The van der Waals surface area contributed by atoms with Crippen molar-refractivity contribution in [3.8, 4) is 0 Å². The first-order valence-electron chi connectivity index (χ1n) is 18.2. The third-order valence-electron chi connectivity index (χ3n) is 13.0. The van der Waals surface area contributed by atoms with Crippen LogP contribution in [0.15, 0.2) is 48.1 Å². The molecular weight excluding hydrogens is 592 g/mol. The highest BCUT2D eigenvalue weighted by Crippen LogP contribution is 2.67. The molecule has 0 bridgehead atoms. The molecule has 7 nitrogen and oxygen atoms in total. The molecule has 0 heterocycles. The molecule has 0 radical (unpaired) electrons. The van der Waals surface area contributed by atoms with Crippen molar-refractivity contribution in [2.75, 3.05) is 33.0 Å². The van der Waals surface area contributed by atoms with Crippen LogP contribution in [-0.4, -0.2) is 61.3 Å². The van der Waals surface area contributed by atoms with Gasteiger partial charge >= 0.3 is 11.9 Å². The summed E-state index contributed by atoms with van der Waals surface area (Å²) in [7, 11) is 0. The van der Waals surface area contributed by atoms with Gasteiger partial charge < -0.3 is 24.4 Å². The van der Waals surface area contributed by atoms with Crippen LogP contribution in [0.1, 0.15) is 92.9 Å². The Morgan fingerprint density at radius 1 is 0.894 bits per heavy atom. The van der Waals surface area contributed by atoms with E-state index in [1.807, 2.05) is 0 Å². The second-order valence-electron chi connectivity index (χ2n) is 16.1. The first-order valence-corrected chi connectivity index (χ1v) is 18.2. The molecule has 1 unspecified atom stereocenters. The summed E-state index contributed by atoms with van der Waals surface area (Å²) < 4.78 is 17.1. The SMILES string of the molecule is C=C(CO)C(=O)OCC(COC(=O)C(=C)CO)CO[C@H]1CC[C@@]2(C)C(=CC[C@@H]3[C@@H]2CC[C@]2(C)C([C@H](C)/C=C/[C@H](C)C(C)C)CC[C@@H]32)C1. The Morgan fingerprint density at radius 2 is 1.53 bits per heavy atom. The Labute approximate surface area is 283 Å². The van der Waals surface area contributed by atoms with Crippen LogP contribution in [0.4, 0.5) is 0 Å². The van der Waals surface area contributed by atoms with Crippen LogP contribution in [-0.2, 0) is 23.8 Å². The van der Waals surface area contributed by atoms with Gasteiger partial charge in [0.1, 0.15) is 0 Å². The van der Waals surface area contributed by atoms with Gasteiger partial charge in [-0.15, -0.1) is 0 Å². The van der Waals surface area contributed by atoms with Gasteiger partial charge in [0, 0.05) is 0 Å². The fourth-order valence-electron chi connectivity index (χ4n) is 9.52. The molecule has 0 spiro atoms. The van der Waals surface area contributed by atoms with Crippen molar-refractivity contribution in [2.45, 2.75) is 99.0 Å². The summed E-state index contributed by atoms with van der Waals surface area (Å²) in [5.41, 5.74) is 2.09. The molecule has 0 aromatic heterocycles. The number of aliphatic hydroxyl groups excluding tert-OH is 2. The first-order chi connectivity index (χ1) is 22.2. The van der Waals surface area contributed by atoms with Crippen molar-refractivity contribution < 1.29 is 34.0 Å². The van der Waals surface area contributed by atoms with Gasteiger partial charge in [0.05, 0.1) is 56.2 Å². The third-order valence-corrected chi connectivity index (χ3v) is 13.0. The Hall–Kier alpha value is -2.22. The lowest BCUT2D eigenvalue weighted by Crippen LogP contribution is -2.51. The number of carbonyl (C=O) groups is 2. The molecule has 3 saturated carbocycles. The number of aliphatic hydroxyl groups is 2. The van der Waals surface area contributed by atoms with Crippen LogP contribution < -0.4 is 0 Å². The minimum Gasteiger partial charge on any atom is -0.462 e. The normalized spacial score (nSPS) is 33.1. The molecule has 0 amide bonds. The molecule has 7 heteroatoms. The van der Waals surface area contributed by atoms with Crippen LogP contribution in [0, 0.1) is 58.2 Å². The zero-order valence-corrected chi connectivity index (χ0v) is 30.0. The largest absolute Gasteiger partial charge is 0.462 e. The van der Waals surface area contributed by atoms with Crippen LogP contribution >= 0.6 is 0 Å². The predicted molar refractivity (Wildman–Crippen MR) is 185 cm³/mol. The maximum Gasteiger partial charge on any atom is 0.335 e. The molecular formula is C40H62O7. The van der Waals surface area contributed by atoms with Crippen LogP contribution in [0.3, 0.4) is 0 Å². The van der Waals surface area contributed by atoms with Gasteiger partial charge in [0.15, 0.2) is 0 Å². The van der Waals surface area contributed by atoms with Gasteiger partial charge in [0.2, 0.25) is 0 Å². The second-order valence-corrected chi connectivity index (χ2v) is 16.1. The van der Waals surface area contributed by atoms with E-state index >= 15 is 0 Å². The number of hydrogen-bond donors (Lipinski definition) is 2. The summed E-state index contributed by atoms with van der Waals surface area (Å²) in [6.45, 7) is 20.8. The Kier molecular flexibility index (Phi) is 12.8. The highest BCUT2D eigenvalue weighted by atomic mass is 16.6. The van der Waals surface area contributed by atoms with E-state index in [1.165, 1.54) is 32.1 Å². The molecule has 3 fully saturated rings. The summed E-state index contributed by atoms with van der Waals surface area (Å²) in [5, 5.41) is 18.4. The molecule has 47 heavy (non-hydrogen) atoms. The minimum atomic E-state index is -0.692. The van der Waals surface area contributed by atoms with E-state index in [9.17, 15) is 19.8 Å². The first kappa shape index (κ1) is 37.6. The average molecular weight is 655 g/mol. The number of hydrogen-bond acceptors (Lipinski definition) is 7. The number of fused-ring (bicyclic) bond motifs is 5. The monoisotopic (exact) mass is 654 g/mol. The summed E-state index contributed by atoms with van der Waals surface area (Å²) in [6.07, 6.45) is 17.1.